The van der Waals surface area contributed by atoms with E-state index in [1.807, 2.05) is 0 Å². The fourth-order valence-corrected chi connectivity index (χ4v) is 2.82. The monoisotopic (exact) mass is 290 g/mol. The van der Waals surface area contributed by atoms with Gasteiger partial charge in [0.15, 0.2) is 0 Å². The predicted molar refractivity (Wildman–Crippen MR) is 82.6 cm³/mol. The van der Waals surface area contributed by atoms with Gasteiger partial charge in [0.1, 0.15) is 5.82 Å². The van der Waals surface area contributed by atoms with Crippen LogP contribution < -0.4 is 10.6 Å². The quantitative estimate of drug-likeness (QED) is 0.640. The lowest BCUT2D eigenvalue weighted by molar-refractivity contribution is -0.384. The van der Waals surface area contributed by atoms with Crippen molar-refractivity contribution in [2.24, 2.45) is 5.92 Å². The van der Waals surface area contributed by atoms with Crippen LogP contribution in [0.15, 0.2) is 12.1 Å². The van der Waals surface area contributed by atoms with Gasteiger partial charge in [-0.25, -0.2) is 4.98 Å². The molecule has 0 atom stereocenters. The molecule has 0 amide bonds. The van der Waals surface area contributed by atoms with Crippen molar-refractivity contribution in [1.82, 2.24) is 4.98 Å². The molecule has 0 radical (unpaired) electrons. The zero-order chi connectivity index (χ0) is 14.8. The van der Waals surface area contributed by atoms with Gasteiger partial charge in [0, 0.05) is 18.2 Å². The molecule has 2 saturated carbocycles. The first-order chi connectivity index (χ1) is 10.1. The Morgan fingerprint density at radius 2 is 1.71 bits per heavy atom. The first-order valence-corrected chi connectivity index (χ1v) is 7.80. The molecule has 0 aromatic carbocycles. The summed E-state index contributed by atoms with van der Waals surface area (Å²) in [6.07, 6.45) is 6.89. The van der Waals surface area contributed by atoms with Crippen molar-refractivity contribution in [3.8, 4) is 0 Å². The maximum atomic E-state index is 11.1. The first-order valence-electron chi connectivity index (χ1n) is 7.80. The number of rotatable bonds is 5. The zero-order valence-corrected chi connectivity index (χ0v) is 12.3. The standard InChI is InChI=1S/C15H22N4O2/c1-10-2-4-11(5-3-10)16-14-9-8-13(19(20)21)15(18-14)17-12-6-7-12/h8-12H,2-7H2,1H3,(H2,16,17,18). The van der Waals surface area contributed by atoms with Crippen LogP contribution >= 0.6 is 0 Å². The predicted octanol–water partition coefficient (Wildman–Crippen LogP) is 3.55. The Hall–Kier alpha value is -1.85. The van der Waals surface area contributed by atoms with Crippen molar-refractivity contribution in [1.29, 1.82) is 0 Å². The summed E-state index contributed by atoms with van der Waals surface area (Å²) in [4.78, 5) is 15.1. The van der Waals surface area contributed by atoms with E-state index < -0.39 is 0 Å². The number of anilines is 2. The van der Waals surface area contributed by atoms with Gasteiger partial charge in [0.25, 0.3) is 0 Å². The average Bonchev–Trinajstić information content (AvgIpc) is 3.25. The average molecular weight is 290 g/mol. The molecule has 0 unspecified atom stereocenters. The van der Waals surface area contributed by atoms with Crippen LogP contribution in [0.3, 0.4) is 0 Å². The Balaban J connectivity index is 1.71. The molecule has 6 nitrogen and oxygen atoms in total. The molecule has 1 heterocycles. The van der Waals surface area contributed by atoms with E-state index in [-0.39, 0.29) is 10.6 Å². The number of aromatic nitrogens is 1. The van der Waals surface area contributed by atoms with Gasteiger partial charge in [-0.1, -0.05) is 6.92 Å². The summed E-state index contributed by atoms with van der Waals surface area (Å²) in [5.74, 6) is 1.94. The zero-order valence-electron chi connectivity index (χ0n) is 12.3. The minimum absolute atomic E-state index is 0.0599. The van der Waals surface area contributed by atoms with Crippen LogP contribution in [-0.2, 0) is 0 Å². The van der Waals surface area contributed by atoms with Gasteiger partial charge in [0.05, 0.1) is 4.92 Å². The highest BCUT2D eigenvalue weighted by atomic mass is 16.6. The maximum Gasteiger partial charge on any atom is 0.311 e. The van der Waals surface area contributed by atoms with E-state index in [0.29, 0.717) is 17.9 Å². The third-order valence-electron chi connectivity index (χ3n) is 4.36. The highest BCUT2D eigenvalue weighted by Gasteiger charge is 2.26. The van der Waals surface area contributed by atoms with Gasteiger partial charge in [-0.2, -0.15) is 0 Å². The van der Waals surface area contributed by atoms with Crippen molar-refractivity contribution in [3.63, 3.8) is 0 Å². The molecule has 0 spiro atoms. The second kappa shape index (κ2) is 5.87. The Kier molecular flexibility index (Phi) is 3.94. The molecular formula is C15H22N4O2. The summed E-state index contributed by atoms with van der Waals surface area (Å²) in [6, 6.07) is 4.05. The Labute approximate surface area is 124 Å². The lowest BCUT2D eigenvalue weighted by atomic mass is 9.87. The van der Waals surface area contributed by atoms with Crippen molar-refractivity contribution in [3.05, 3.63) is 22.2 Å². The molecule has 0 bridgehead atoms. The molecule has 2 aliphatic carbocycles. The molecule has 6 heteroatoms. The van der Waals surface area contributed by atoms with E-state index in [2.05, 4.69) is 22.5 Å². The van der Waals surface area contributed by atoms with Crippen LogP contribution in [0.1, 0.15) is 45.4 Å². The smallest absolute Gasteiger partial charge is 0.311 e. The summed E-state index contributed by atoms with van der Waals surface area (Å²) in [6.45, 7) is 2.29. The lowest BCUT2D eigenvalue weighted by Gasteiger charge is -2.27. The van der Waals surface area contributed by atoms with E-state index >= 15 is 0 Å². The van der Waals surface area contributed by atoms with E-state index in [1.54, 1.807) is 12.1 Å². The van der Waals surface area contributed by atoms with Crippen LogP contribution in [0, 0.1) is 16.0 Å². The molecular weight excluding hydrogens is 268 g/mol. The topological polar surface area (TPSA) is 80.1 Å². The van der Waals surface area contributed by atoms with Gasteiger partial charge < -0.3 is 10.6 Å². The second-order valence-electron chi connectivity index (χ2n) is 6.34. The second-order valence-corrected chi connectivity index (χ2v) is 6.34. The van der Waals surface area contributed by atoms with Gasteiger partial charge >= 0.3 is 5.69 Å². The molecule has 3 rings (SSSR count). The largest absolute Gasteiger partial charge is 0.367 e. The maximum absolute atomic E-state index is 11.1. The van der Waals surface area contributed by atoms with Gasteiger partial charge in [-0.15, -0.1) is 0 Å². The molecule has 114 valence electrons. The SMILES string of the molecule is CC1CCC(Nc2ccc([N+](=O)[O-])c(NC3CC3)n2)CC1. The van der Waals surface area contributed by atoms with Gasteiger partial charge in [0.2, 0.25) is 5.82 Å². The third kappa shape index (κ3) is 3.62. The van der Waals surface area contributed by atoms with Crippen LogP contribution in [0.4, 0.5) is 17.3 Å². The van der Waals surface area contributed by atoms with Crippen molar-refractivity contribution in [2.45, 2.75) is 57.5 Å². The van der Waals surface area contributed by atoms with E-state index in [9.17, 15) is 10.1 Å². The number of nitrogens with zero attached hydrogens (tertiary/aromatic N) is 2. The number of hydrogen-bond donors (Lipinski definition) is 2. The van der Waals surface area contributed by atoms with E-state index in [4.69, 9.17) is 0 Å². The van der Waals surface area contributed by atoms with Crippen molar-refractivity contribution >= 4 is 17.3 Å². The van der Waals surface area contributed by atoms with Gasteiger partial charge in [-0.05, 0) is 50.5 Å². The molecule has 2 N–H and O–H groups in total. The summed E-state index contributed by atoms with van der Waals surface area (Å²) in [7, 11) is 0. The summed E-state index contributed by atoms with van der Waals surface area (Å²) in [5.41, 5.74) is 0.0599. The fraction of sp³-hybridized carbons (Fsp3) is 0.667. The highest BCUT2D eigenvalue weighted by molar-refractivity contribution is 5.61. The Morgan fingerprint density at radius 1 is 1.10 bits per heavy atom. The number of nitrogens with one attached hydrogen (secondary N) is 2. The summed E-state index contributed by atoms with van der Waals surface area (Å²) >= 11 is 0. The normalized spacial score (nSPS) is 25.4. The van der Waals surface area contributed by atoms with E-state index in [1.165, 1.54) is 12.8 Å². The molecule has 0 aliphatic heterocycles. The molecule has 0 saturated heterocycles. The third-order valence-corrected chi connectivity index (χ3v) is 4.36. The minimum Gasteiger partial charge on any atom is -0.367 e. The first kappa shape index (κ1) is 14.1. The van der Waals surface area contributed by atoms with Crippen LogP contribution in [0.2, 0.25) is 0 Å². The van der Waals surface area contributed by atoms with Crippen LogP contribution in [-0.4, -0.2) is 22.0 Å². The summed E-state index contributed by atoms with van der Waals surface area (Å²) < 4.78 is 0. The molecule has 2 fully saturated rings. The number of hydrogen-bond acceptors (Lipinski definition) is 5. The number of pyridine rings is 1. The molecule has 21 heavy (non-hydrogen) atoms. The molecule has 1 aromatic heterocycles. The van der Waals surface area contributed by atoms with Crippen molar-refractivity contribution < 1.29 is 4.92 Å². The van der Waals surface area contributed by atoms with Crippen LogP contribution in [0.25, 0.3) is 0 Å². The lowest BCUT2D eigenvalue weighted by Crippen LogP contribution is -2.25. The van der Waals surface area contributed by atoms with Crippen LogP contribution in [0.5, 0.6) is 0 Å². The number of nitro groups is 1. The Bertz CT molecular complexity index is 522. The molecule has 1 aromatic rings. The molecule has 2 aliphatic rings. The van der Waals surface area contributed by atoms with Gasteiger partial charge in [-0.3, -0.25) is 10.1 Å². The summed E-state index contributed by atoms with van der Waals surface area (Å²) in [5, 5.41) is 17.7. The van der Waals surface area contributed by atoms with E-state index in [0.717, 1.165) is 37.4 Å². The van der Waals surface area contributed by atoms with Crippen molar-refractivity contribution in [2.75, 3.05) is 10.6 Å². The fourth-order valence-electron chi connectivity index (χ4n) is 2.82. The highest BCUT2D eigenvalue weighted by Crippen LogP contribution is 2.31. The Morgan fingerprint density at radius 3 is 2.33 bits per heavy atom. The minimum atomic E-state index is -0.371.